The van der Waals surface area contributed by atoms with E-state index in [2.05, 4.69) is 5.32 Å². The zero-order chi connectivity index (χ0) is 16.3. The van der Waals surface area contributed by atoms with E-state index in [-0.39, 0.29) is 6.54 Å². The summed E-state index contributed by atoms with van der Waals surface area (Å²) in [6.07, 6.45) is -4.37. The van der Waals surface area contributed by atoms with Gasteiger partial charge in [-0.05, 0) is 30.4 Å². The lowest BCUT2D eigenvalue weighted by Crippen LogP contribution is -2.63. The molecule has 1 aromatic rings. The van der Waals surface area contributed by atoms with E-state index in [1.165, 1.54) is 16.7 Å². The topological polar surface area (TPSA) is 78.4 Å². The van der Waals surface area contributed by atoms with Crippen molar-refractivity contribution in [1.29, 1.82) is 0 Å². The molecule has 2 amide bonds. The van der Waals surface area contributed by atoms with Gasteiger partial charge in [0.05, 0.1) is 6.54 Å². The number of rotatable bonds is 5. The highest BCUT2D eigenvalue weighted by atomic mass is 32.1. The summed E-state index contributed by atoms with van der Waals surface area (Å²) < 4.78 is 38.2. The van der Waals surface area contributed by atoms with Crippen molar-refractivity contribution in [2.24, 2.45) is 0 Å². The number of alkyl halides is 3. The standard InChI is InChI=1S/C12H15F3N2O3S/c1-3-7-4-5-21-8(7)6-16-10(20)17-11(2,9(18)19)12(13,14)15/h4-5H,3,6H2,1-2H3,(H,18,19)(H2,16,17,20). The van der Waals surface area contributed by atoms with E-state index in [1.54, 1.807) is 0 Å². The molecule has 0 saturated carbocycles. The molecule has 1 aromatic heterocycles. The average Bonchev–Trinajstić information content (AvgIpc) is 2.81. The highest BCUT2D eigenvalue weighted by Crippen LogP contribution is 2.30. The summed E-state index contributed by atoms with van der Waals surface area (Å²) in [5.74, 6) is -2.17. The van der Waals surface area contributed by atoms with Gasteiger partial charge in [-0.3, -0.25) is 0 Å². The Hall–Kier alpha value is -1.77. The molecule has 1 heterocycles. The molecular formula is C12H15F3N2O3S. The van der Waals surface area contributed by atoms with Crippen molar-refractivity contribution in [3.05, 3.63) is 21.9 Å². The van der Waals surface area contributed by atoms with Gasteiger partial charge in [0.2, 0.25) is 5.54 Å². The van der Waals surface area contributed by atoms with Gasteiger partial charge in [0.15, 0.2) is 0 Å². The van der Waals surface area contributed by atoms with Crippen molar-refractivity contribution in [1.82, 2.24) is 10.6 Å². The molecule has 0 bridgehead atoms. The molecule has 0 saturated heterocycles. The first-order valence-corrected chi connectivity index (χ1v) is 6.91. The SMILES string of the molecule is CCc1ccsc1CNC(=O)NC(C)(C(=O)O)C(F)(F)F. The van der Waals surface area contributed by atoms with E-state index in [1.807, 2.05) is 18.4 Å². The number of thiophene rings is 1. The maximum Gasteiger partial charge on any atom is 0.422 e. The number of aliphatic carboxylic acids is 1. The smallest absolute Gasteiger partial charge is 0.422 e. The van der Waals surface area contributed by atoms with E-state index in [9.17, 15) is 22.8 Å². The van der Waals surface area contributed by atoms with Crippen molar-refractivity contribution < 1.29 is 27.9 Å². The molecule has 0 fully saturated rings. The van der Waals surface area contributed by atoms with Gasteiger partial charge in [-0.25, -0.2) is 9.59 Å². The normalized spacial score (nSPS) is 14.3. The number of carboxylic acids is 1. The Kier molecular flexibility index (Phi) is 5.21. The van der Waals surface area contributed by atoms with Gasteiger partial charge in [0.1, 0.15) is 0 Å². The number of aryl methyl sites for hydroxylation is 1. The Morgan fingerprint density at radius 3 is 2.48 bits per heavy atom. The van der Waals surface area contributed by atoms with E-state index in [4.69, 9.17) is 5.11 Å². The van der Waals surface area contributed by atoms with Crippen molar-refractivity contribution in [2.45, 2.75) is 38.5 Å². The maximum atomic E-state index is 12.7. The molecular weight excluding hydrogens is 309 g/mol. The molecule has 0 aliphatic rings. The van der Waals surface area contributed by atoms with Gasteiger partial charge < -0.3 is 15.7 Å². The zero-order valence-electron chi connectivity index (χ0n) is 11.4. The molecule has 9 heteroatoms. The Bertz CT molecular complexity index is 530. The number of nitrogens with one attached hydrogen (secondary N) is 2. The average molecular weight is 324 g/mol. The molecule has 1 unspecified atom stereocenters. The van der Waals surface area contributed by atoms with Crippen LogP contribution in [-0.4, -0.2) is 28.8 Å². The van der Waals surface area contributed by atoms with Crippen LogP contribution in [0.25, 0.3) is 0 Å². The predicted octanol–water partition coefficient (Wildman–Crippen LogP) is 2.52. The summed E-state index contributed by atoms with van der Waals surface area (Å²) in [4.78, 5) is 23.1. The molecule has 0 radical (unpaired) electrons. The summed E-state index contributed by atoms with van der Waals surface area (Å²) in [6.45, 7) is 2.36. The largest absolute Gasteiger partial charge is 0.479 e. The van der Waals surface area contributed by atoms with Crippen molar-refractivity contribution in [3.8, 4) is 0 Å². The summed E-state index contributed by atoms with van der Waals surface area (Å²) in [6, 6.07) is 0.670. The van der Waals surface area contributed by atoms with Crippen LogP contribution < -0.4 is 10.6 Å². The summed E-state index contributed by atoms with van der Waals surface area (Å²) in [5, 5.41) is 14.2. The number of hydrogen-bond donors (Lipinski definition) is 3. The van der Waals surface area contributed by atoms with Gasteiger partial charge in [-0.1, -0.05) is 6.92 Å². The fourth-order valence-corrected chi connectivity index (χ4v) is 2.43. The first-order valence-electron chi connectivity index (χ1n) is 6.03. The molecule has 0 aliphatic carbocycles. The molecule has 118 valence electrons. The monoisotopic (exact) mass is 324 g/mol. The second-order valence-electron chi connectivity index (χ2n) is 4.46. The highest BCUT2D eigenvalue weighted by molar-refractivity contribution is 7.10. The Morgan fingerprint density at radius 2 is 2.00 bits per heavy atom. The summed E-state index contributed by atoms with van der Waals surface area (Å²) >= 11 is 1.36. The first kappa shape index (κ1) is 17.3. The highest BCUT2D eigenvalue weighted by Gasteiger charge is 2.58. The fraction of sp³-hybridized carbons (Fsp3) is 0.500. The molecule has 21 heavy (non-hydrogen) atoms. The molecule has 1 atom stereocenters. The van der Waals surface area contributed by atoms with Crippen molar-refractivity contribution in [3.63, 3.8) is 0 Å². The van der Waals surface area contributed by atoms with Crippen LogP contribution in [0.3, 0.4) is 0 Å². The van der Waals surface area contributed by atoms with Crippen LogP contribution in [0.2, 0.25) is 0 Å². The lowest BCUT2D eigenvalue weighted by Gasteiger charge is -2.28. The van der Waals surface area contributed by atoms with Crippen LogP contribution in [0, 0.1) is 0 Å². The van der Waals surface area contributed by atoms with Gasteiger partial charge in [0, 0.05) is 4.88 Å². The summed E-state index contributed by atoms with van der Waals surface area (Å²) in [5.41, 5.74) is -2.35. The third-order valence-corrected chi connectivity index (χ3v) is 3.95. The van der Waals surface area contributed by atoms with Crippen LogP contribution in [0.4, 0.5) is 18.0 Å². The van der Waals surface area contributed by atoms with E-state index < -0.39 is 23.7 Å². The van der Waals surface area contributed by atoms with Gasteiger partial charge in [0.25, 0.3) is 0 Å². The Balaban J connectivity index is 2.70. The predicted molar refractivity (Wildman–Crippen MR) is 71.2 cm³/mol. The minimum absolute atomic E-state index is 0.0419. The lowest BCUT2D eigenvalue weighted by atomic mass is 10.0. The Labute approximate surface area is 123 Å². The molecule has 0 aliphatic heterocycles. The van der Waals surface area contributed by atoms with E-state index >= 15 is 0 Å². The zero-order valence-corrected chi connectivity index (χ0v) is 12.2. The number of amides is 2. The van der Waals surface area contributed by atoms with Crippen LogP contribution >= 0.6 is 11.3 Å². The lowest BCUT2D eigenvalue weighted by molar-refractivity contribution is -0.203. The third-order valence-electron chi connectivity index (χ3n) is 2.99. The fourth-order valence-electron chi connectivity index (χ4n) is 1.51. The molecule has 5 nitrogen and oxygen atoms in total. The molecule has 3 N–H and O–H groups in total. The maximum absolute atomic E-state index is 12.7. The number of carbonyl (C=O) groups is 2. The van der Waals surface area contributed by atoms with E-state index in [0.29, 0.717) is 6.92 Å². The molecule has 0 spiro atoms. The number of halogens is 3. The number of urea groups is 1. The van der Waals surface area contributed by atoms with Gasteiger partial charge >= 0.3 is 18.2 Å². The second-order valence-corrected chi connectivity index (χ2v) is 5.46. The number of hydrogen-bond acceptors (Lipinski definition) is 3. The number of carboxylic acid groups (broad SMARTS) is 1. The summed E-state index contributed by atoms with van der Waals surface area (Å²) in [7, 11) is 0. The first-order chi connectivity index (χ1) is 9.61. The van der Waals surface area contributed by atoms with Crippen LogP contribution in [0.15, 0.2) is 11.4 Å². The van der Waals surface area contributed by atoms with Gasteiger partial charge in [-0.15, -0.1) is 11.3 Å². The van der Waals surface area contributed by atoms with Crippen LogP contribution in [-0.2, 0) is 17.8 Å². The minimum Gasteiger partial charge on any atom is -0.479 e. The third kappa shape index (κ3) is 3.87. The second kappa shape index (κ2) is 6.33. The molecule has 1 rings (SSSR count). The number of carbonyl (C=O) groups excluding carboxylic acids is 1. The Morgan fingerprint density at radius 1 is 1.38 bits per heavy atom. The van der Waals surface area contributed by atoms with Gasteiger partial charge in [-0.2, -0.15) is 13.2 Å². The van der Waals surface area contributed by atoms with E-state index in [0.717, 1.165) is 16.9 Å². The van der Waals surface area contributed by atoms with Crippen molar-refractivity contribution >= 4 is 23.3 Å². The van der Waals surface area contributed by atoms with Crippen molar-refractivity contribution in [2.75, 3.05) is 0 Å². The minimum atomic E-state index is -5.10. The quantitative estimate of drug-likeness (QED) is 0.779. The van der Waals surface area contributed by atoms with Crippen LogP contribution in [0.5, 0.6) is 0 Å². The van der Waals surface area contributed by atoms with Crippen LogP contribution in [0.1, 0.15) is 24.3 Å². The molecule has 0 aromatic carbocycles.